The van der Waals surface area contributed by atoms with E-state index in [0.717, 1.165) is 32.1 Å². The van der Waals surface area contributed by atoms with Crippen LogP contribution in [0.2, 0.25) is 0 Å². The van der Waals surface area contributed by atoms with Crippen LogP contribution >= 0.6 is 0 Å². The standard InChI is InChI=1S/C22H29NO4/c1-10-5-20-9-15-16-19(3)7-13(27-11(2)24)8-21(16)17(23(15)18(19)25)14(20)4-12(10)6-22(20,21)26/h12-18,25-26H,1,4-9H2,2-3H3/t12-,13-,14+,15-,16+,17+,18+,19+,20-,21+,22-/m0/s1. The molecule has 6 saturated carbocycles. The summed E-state index contributed by atoms with van der Waals surface area (Å²) in [4.78, 5) is 14.2. The number of carbonyl (C=O) groups is 1. The predicted octanol–water partition coefficient (Wildman–Crippen LogP) is 1.83. The van der Waals surface area contributed by atoms with Gasteiger partial charge in [0.25, 0.3) is 0 Å². The zero-order valence-electron chi connectivity index (χ0n) is 16.1. The Bertz CT molecular complexity index is 827. The highest BCUT2D eigenvalue weighted by Crippen LogP contribution is 2.89. The first kappa shape index (κ1) is 15.9. The Morgan fingerprint density at radius 3 is 2.81 bits per heavy atom. The second-order valence-corrected chi connectivity index (χ2v) is 11.3. The van der Waals surface area contributed by atoms with Crippen molar-refractivity contribution < 1.29 is 19.7 Å². The average Bonchev–Trinajstić information content (AvgIpc) is 2.92. The Kier molecular flexibility index (Phi) is 2.38. The molecule has 27 heavy (non-hydrogen) atoms. The number of allylic oxidation sites excluding steroid dienone is 1. The van der Waals surface area contributed by atoms with Crippen LogP contribution in [0.3, 0.4) is 0 Å². The molecule has 12 atom stereocenters. The van der Waals surface area contributed by atoms with Gasteiger partial charge < -0.3 is 14.9 Å². The Morgan fingerprint density at radius 2 is 2.07 bits per heavy atom. The number of fused-ring (bicyclic) bond motifs is 1. The zero-order chi connectivity index (χ0) is 18.7. The molecule has 0 radical (unpaired) electrons. The van der Waals surface area contributed by atoms with Crippen LogP contribution in [-0.2, 0) is 9.53 Å². The van der Waals surface area contributed by atoms with E-state index in [4.69, 9.17) is 4.74 Å². The molecule has 146 valence electrons. The number of nitrogens with zero attached hydrogens (tertiary/aromatic N) is 1. The van der Waals surface area contributed by atoms with Crippen molar-refractivity contribution in [3.8, 4) is 0 Å². The Hall–Kier alpha value is -0.910. The van der Waals surface area contributed by atoms with Crippen molar-refractivity contribution in [1.82, 2.24) is 4.90 Å². The molecule has 0 amide bonds. The highest BCUT2D eigenvalue weighted by molar-refractivity contribution is 5.66. The van der Waals surface area contributed by atoms with Gasteiger partial charge in [-0.3, -0.25) is 9.69 Å². The Balaban J connectivity index is 1.47. The van der Waals surface area contributed by atoms with Crippen molar-refractivity contribution in [2.75, 3.05) is 0 Å². The second-order valence-electron chi connectivity index (χ2n) is 11.3. The average molecular weight is 371 g/mol. The molecule has 9 fully saturated rings. The third-order valence-corrected chi connectivity index (χ3v) is 10.8. The Labute approximate surface area is 159 Å². The summed E-state index contributed by atoms with van der Waals surface area (Å²) in [6.07, 6.45) is 4.72. The van der Waals surface area contributed by atoms with Crippen molar-refractivity contribution in [3.63, 3.8) is 0 Å². The summed E-state index contributed by atoms with van der Waals surface area (Å²) in [5, 5.41) is 23.9. The molecule has 2 spiro atoms. The first-order valence-corrected chi connectivity index (χ1v) is 10.7. The summed E-state index contributed by atoms with van der Waals surface area (Å²) in [7, 11) is 0. The first-order valence-electron chi connectivity index (χ1n) is 10.7. The highest BCUT2D eigenvalue weighted by atomic mass is 16.5. The SMILES string of the molecule is C=C1C[C@]23C[C@H]4[C@@H]5[C@@]6(C)C[C@H](OC(C)=O)C[C@]57[C@@H]([C@H]2C[C@H]1C[C@]37O)N4[C@@H]6O. The number of aliphatic hydroxyl groups excluding tert-OH is 1. The van der Waals surface area contributed by atoms with Crippen molar-refractivity contribution in [3.05, 3.63) is 12.2 Å². The van der Waals surface area contributed by atoms with Crippen molar-refractivity contribution in [2.24, 2.45) is 34.0 Å². The van der Waals surface area contributed by atoms with Gasteiger partial charge in [0, 0.05) is 35.3 Å². The minimum Gasteiger partial charge on any atom is -0.463 e. The maximum atomic E-state index is 12.5. The molecule has 3 aliphatic heterocycles. The van der Waals surface area contributed by atoms with E-state index in [-0.39, 0.29) is 34.4 Å². The number of piperidine rings is 2. The highest BCUT2D eigenvalue weighted by Gasteiger charge is 2.93. The van der Waals surface area contributed by atoms with Crippen LogP contribution in [0.4, 0.5) is 0 Å². The lowest BCUT2D eigenvalue weighted by Gasteiger charge is -2.67. The fraction of sp³-hybridized carbons (Fsp3) is 0.864. The summed E-state index contributed by atoms with van der Waals surface area (Å²) >= 11 is 0. The quantitative estimate of drug-likeness (QED) is 0.544. The number of hydrogen-bond donors (Lipinski definition) is 2. The molecule has 2 N–H and O–H groups in total. The number of carbonyl (C=O) groups excluding carboxylic acids is 1. The van der Waals surface area contributed by atoms with Crippen molar-refractivity contribution in [2.45, 2.75) is 82.4 Å². The second kappa shape index (κ2) is 4.03. The van der Waals surface area contributed by atoms with Crippen LogP contribution < -0.4 is 0 Å². The fourth-order valence-electron chi connectivity index (χ4n) is 10.7. The maximum Gasteiger partial charge on any atom is 0.302 e. The Morgan fingerprint density at radius 1 is 1.30 bits per heavy atom. The summed E-state index contributed by atoms with van der Waals surface area (Å²) in [6.45, 7) is 8.04. The normalized spacial score (nSPS) is 68.7. The summed E-state index contributed by atoms with van der Waals surface area (Å²) < 4.78 is 5.76. The molecule has 3 heterocycles. The molecule has 9 aliphatic rings. The number of ether oxygens (including phenoxy) is 1. The third kappa shape index (κ3) is 1.23. The summed E-state index contributed by atoms with van der Waals surface area (Å²) in [5.74, 6) is 0.926. The van der Waals surface area contributed by atoms with E-state index in [1.807, 2.05) is 0 Å². The lowest BCUT2D eigenvalue weighted by molar-refractivity contribution is -0.263. The van der Waals surface area contributed by atoms with Gasteiger partial charge in [-0.1, -0.05) is 19.1 Å². The smallest absolute Gasteiger partial charge is 0.302 e. The van der Waals surface area contributed by atoms with Gasteiger partial charge in [0.15, 0.2) is 0 Å². The van der Waals surface area contributed by atoms with Crippen LogP contribution in [0.15, 0.2) is 12.2 Å². The van der Waals surface area contributed by atoms with Gasteiger partial charge in [0.1, 0.15) is 12.3 Å². The van der Waals surface area contributed by atoms with Gasteiger partial charge in [-0.2, -0.15) is 0 Å². The molecule has 0 aromatic rings. The van der Waals surface area contributed by atoms with Crippen LogP contribution in [0.1, 0.15) is 52.4 Å². The molecule has 5 nitrogen and oxygen atoms in total. The predicted molar refractivity (Wildman–Crippen MR) is 96.2 cm³/mol. The third-order valence-electron chi connectivity index (χ3n) is 10.8. The first-order chi connectivity index (χ1) is 12.7. The lowest BCUT2D eigenvalue weighted by atomic mass is 9.38. The molecule has 9 rings (SSSR count). The molecule has 0 aromatic carbocycles. The van der Waals surface area contributed by atoms with E-state index >= 15 is 0 Å². The summed E-state index contributed by atoms with van der Waals surface area (Å²) in [5.41, 5.74) is 0.0413. The van der Waals surface area contributed by atoms with E-state index in [1.54, 1.807) is 0 Å². The molecule has 5 heteroatoms. The van der Waals surface area contributed by atoms with E-state index in [2.05, 4.69) is 18.4 Å². The number of esters is 1. The largest absolute Gasteiger partial charge is 0.463 e. The number of rotatable bonds is 1. The molecule has 9 bridgehead atoms. The molecule has 0 aromatic heterocycles. The van der Waals surface area contributed by atoms with Crippen LogP contribution in [-0.4, -0.2) is 51.1 Å². The lowest BCUT2D eigenvalue weighted by Crippen LogP contribution is -2.71. The van der Waals surface area contributed by atoms with Crippen molar-refractivity contribution >= 4 is 5.97 Å². The van der Waals surface area contributed by atoms with E-state index in [1.165, 1.54) is 12.5 Å². The van der Waals surface area contributed by atoms with Gasteiger partial charge in [0.2, 0.25) is 0 Å². The van der Waals surface area contributed by atoms with Gasteiger partial charge >= 0.3 is 5.97 Å². The van der Waals surface area contributed by atoms with Gasteiger partial charge in [-0.05, 0) is 56.3 Å². The molecule has 6 aliphatic carbocycles. The number of aliphatic hydroxyl groups is 2. The van der Waals surface area contributed by atoms with Crippen LogP contribution in [0.5, 0.6) is 0 Å². The maximum absolute atomic E-state index is 12.5. The monoisotopic (exact) mass is 371 g/mol. The zero-order valence-corrected chi connectivity index (χ0v) is 16.1. The molecule has 1 unspecified atom stereocenters. The van der Waals surface area contributed by atoms with Crippen molar-refractivity contribution in [1.29, 1.82) is 0 Å². The van der Waals surface area contributed by atoms with E-state index in [0.29, 0.717) is 30.2 Å². The van der Waals surface area contributed by atoms with E-state index < -0.39 is 11.8 Å². The molecular formula is C22H29NO4. The number of hydrogen-bond acceptors (Lipinski definition) is 5. The van der Waals surface area contributed by atoms with Crippen LogP contribution in [0.25, 0.3) is 0 Å². The van der Waals surface area contributed by atoms with Gasteiger partial charge in [0.05, 0.1) is 5.60 Å². The molecular weight excluding hydrogens is 342 g/mol. The van der Waals surface area contributed by atoms with Gasteiger partial charge in [-0.15, -0.1) is 0 Å². The summed E-state index contributed by atoms with van der Waals surface area (Å²) in [6, 6.07) is 0.609. The molecule has 3 saturated heterocycles. The van der Waals surface area contributed by atoms with Crippen LogP contribution in [0, 0.1) is 34.0 Å². The fourth-order valence-corrected chi connectivity index (χ4v) is 10.7. The minimum absolute atomic E-state index is 0.0652. The topological polar surface area (TPSA) is 70.0 Å². The van der Waals surface area contributed by atoms with Gasteiger partial charge in [-0.25, -0.2) is 0 Å². The van der Waals surface area contributed by atoms with E-state index in [9.17, 15) is 15.0 Å². The minimum atomic E-state index is -0.699.